The van der Waals surface area contributed by atoms with Gasteiger partial charge in [-0.3, -0.25) is 4.98 Å². The molecule has 4 nitrogen and oxygen atoms in total. The largest absolute Gasteiger partial charge is 0.261 e. The minimum Gasteiger partial charge on any atom is -0.261 e. The molecule has 1 aliphatic carbocycles. The minimum atomic E-state index is -0.0606. The van der Waals surface area contributed by atoms with Crippen molar-refractivity contribution in [1.29, 1.82) is 0 Å². The summed E-state index contributed by atoms with van der Waals surface area (Å²) in [4.78, 5) is 19.8. The van der Waals surface area contributed by atoms with Gasteiger partial charge in [-0.2, -0.15) is 0 Å². The van der Waals surface area contributed by atoms with Crippen LogP contribution in [0.15, 0.2) is 164 Å². The lowest BCUT2D eigenvalue weighted by molar-refractivity contribution is 0.660. The number of hydrogen-bond acceptors (Lipinski definition) is 4. The van der Waals surface area contributed by atoms with Crippen molar-refractivity contribution in [2.75, 3.05) is 0 Å². The van der Waals surface area contributed by atoms with Gasteiger partial charge >= 0.3 is 0 Å². The number of aryl methyl sites for hydroxylation is 1. The van der Waals surface area contributed by atoms with Crippen LogP contribution in [-0.2, 0) is 5.41 Å². The predicted molar refractivity (Wildman–Crippen MR) is 235 cm³/mol. The van der Waals surface area contributed by atoms with Gasteiger partial charge in [-0.05, 0) is 93.4 Å². The Bertz CT molecular complexity index is 2550. The number of benzene rings is 6. The topological polar surface area (TPSA) is 51.6 Å². The molecule has 9 rings (SSSR count). The van der Waals surface area contributed by atoms with Gasteiger partial charge in [-0.25, -0.2) is 15.0 Å². The maximum absolute atomic E-state index is 5.12. The highest BCUT2D eigenvalue weighted by molar-refractivity contribution is 5.87. The summed E-state index contributed by atoms with van der Waals surface area (Å²) >= 11 is 0. The summed E-state index contributed by atoms with van der Waals surface area (Å²) in [5, 5.41) is 0. The molecular formula is C52H48N4. The third-order valence-corrected chi connectivity index (χ3v) is 10.3. The fourth-order valence-corrected chi connectivity index (χ4v) is 7.58. The molecule has 0 saturated carbocycles. The van der Waals surface area contributed by atoms with Crippen LogP contribution in [0, 0.1) is 6.92 Å². The van der Waals surface area contributed by atoms with E-state index in [0.717, 1.165) is 55.8 Å². The zero-order valence-electron chi connectivity index (χ0n) is 33.4. The van der Waals surface area contributed by atoms with Gasteiger partial charge in [0, 0.05) is 39.6 Å². The Labute approximate surface area is 332 Å². The number of nitrogens with zero attached hydrogens (tertiary/aromatic N) is 4. The van der Waals surface area contributed by atoms with Gasteiger partial charge in [0.05, 0.1) is 0 Å². The smallest absolute Gasteiger partial charge is 0.164 e. The van der Waals surface area contributed by atoms with Gasteiger partial charge in [0.25, 0.3) is 0 Å². The summed E-state index contributed by atoms with van der Waals surface area (Å²) in [6.07, 6.45) is 1.84. The van der Waals surface area contributed by atoms with Gasteiger partial charge in [0.1, 0.15) is 0 Å². The van der Waals surface area contributed by atoms with E-state index in [1.807, 2.05) is 101 Å². The average molecular weight is 729 g/mol. The lowest BCUT2D eigenvalue weighted by atomic mass is 9.82. The van der Waals surface area contributed by atoms with E-state index in [-0.39, 0.29) is 5.41 Å². The summed E-state index contributed by atoms with van der Waals surface area (Å²) in [5.74, 6) is 1.91. The third kappa shape index (κ3) is 7.31. The molecular weight excluding hydrogens is 681 g/mol. The molecule has 56 heavy (non-hydrogen) atoms. The Morgan fingerprint density at radius 3 is 1.45 bits per heavy atom. The molecule has 0 radical (unpaired) electrons. The standard InChI is InChI=1S/C48H36N4.2C2H6/c1-31-40(21-13-25-49-31)36-19-12-18-34(26-36)37-27-38(35-23-24-44-42(30-35)41-20-10-11-22-43(41)48(44,2)3)29-39(28-37)47-51-45(32-14-6-4-7-15-32)50-46(52-47)33-16-8-5-9-17-33;2*1-2/h4-30H,1-3H3;2*1-2H3. The summed E-state index contributed by atoms with van der Waals surface area (Å²) in [6.45, 7) is 14.7. The van der Waals surface area contributed by atoms with Crippen molar-refractivity contribution in [2.24, 2.45) is 0 Å². The molecule has 4 heteroatoms. The van der Waals surface area contributed by atoms with E-state index in [4.69, 9.17) is 15.0 Å². The number of aromatic nitrogens is 4. The van der Waals surface area contributed by atoms with Crippen LogP contribution in [0.2, 0.25) is 0 Å². The normalized spacial score (nSPS) is 12.0. The number of pyridine rings is 1. The maximum atomic E-state index is 5.12. The van der Waals surface area contributed by atoms with Crippen LogP contribution < -0.4 is 0 Å². The van der Waals surface area contributed by atoms with Crippen molar-refractivity contribution in [2.45, 2.75) is 53.9 Å². The molecule has 2 aromatic heterocycles. The van der Waals surface area contributed by atoms with E-state index >= 15 is 0 Å². The van der Waals surface area contributed by atoms with Gasteiger partial charge in [0.2, 0.25) is 0 Å². The van der Waals surface area contributed by atoms with E-state index in [2.05, 4.69) is 117 Å². The molecule has 1 aliphatic rings. The summed E-state index contributed by atoms with van der Waals surface area (Å²) in [7, 11) is 0. The van der Waals surface area contributed by atoms with Crippen LogP contribution in [0.1, 0.15) is 58.4 Å². The molecule has 0 amide bonds. The molecule has 2 heterocycles. The fraction of sp³-hybridized carbons (Fsp3) is 0.154. The molecule has 0 aliphatic heterocycles. The summed E-state index contributed by atoms with van der Waals surface area (Å²) < 4.78 is 0. The van der Waals surface area contributed by atoms with Crippen LogP contribution >= 0.6 is 0 Å². The van der Waals surface area contributed by atoms with Crippen LogP contribution in [0.5, 0.6) is 0 Å². The second-order valence-corrected chi connectivity index (χ2v) is 14.0. The van der Waals surface area contributed by atoms with Crippen molar-refractivity contribution in [1.82, 2.24) is 19.9 Å². The van der Waals surface area contributed by atoms with Crippen molar-refractivity contribution in [3.05, 3.63) is 181 Å². The van der Waals surface area contributed by atoms with Crippen LogP contribution in [0.3, 0.4) is 0 Å². The second kappa shape index (κ2) is 16.5. The molecule has 0 fully saturated rings. The fourth-order valence-electron chi connectivity index (χ4n) is 7.58. The van der Waals surface area contributed by atoms with Crippen LogP contribution in [-0.4, -0.2) is 19.9 Å². The second-order valence-electron chi connectivity index (χ2n) is 14.0. The lowest BCUT2D eigenvalue weighted by Crippen LogP contribution is -2.14. The zero-order valence-corrected chi connectivity index (χ0v) is 33.4. The zero-order chi connectivity index (χ0) is 39.2. The molecule has 0 atom stereocenters. The summed E-state index contributed by atoms with van der Waals surface area (Å²) in [6, 6.07) is 55.6. The van der Waals surface area contributed by atoms with Gasteiger partial charge in [-0.15, -0.1) is 0 Å². The molecule has 0 bridgehead atoms. The first kappa shape index (κ1) is 37.8. The average Bonchev–Trinajstić information content (AvgIpc) is 3.50. The van der Waals surface area contributed by atoms with E-state index < -0.39 is 0 Å². The Hall–Kier alpha value is -6.52. The van der Waals surface area contributed by atoms with E-state index in [9.17, 15) is 0 Å². The first-order chi connectivity index (χ1) is 27.4. The van der Waals surface area contributed by atoms with E-state index in [1.165, 1.54) is 22.3 Å². The highest BCUT2D eigenvalue weighted by atomic mass is 15.0. The van der Waals surface area contributed by atoms with Gasteiger partial charge < -0.3 is 0 Å². The van der Waals surface area contributed by atoms with Crippen molar-refractivity contribution in [3.8, 4) is 78.7 Å². The summed E-state index contributed by atoms with van der Waals surface area (Å²) in [5.41, 5.74) is 15.8. The lowest BCUT2D eigenvalue weighted by Gasteiger charge is -2.21. The molecule has 6 aromatic carbocycles. The Morgan fingerprint density at radius 1 is 0.357 bits per heavy atom. The molecule has 8 aromatic rings. The first-order valence-corrected chi connectivity index (χ1v) is 19.7. The maximum Gasteiger partial charge on any atom is 0.164 e. The Kier molecular flexibility index (Phi) is 11.1. The Balaban J connectivity index is 0.00000117. The van der Waals surface area contributed by atoms with Crippen LogP contribution in [0.25, 0.3) is 78.7 Å². The Morgan fingerprint density at radius 2 is 0.821 bits per heavy atom. The number of rotatable bonds is 6. The van der Waals surface area contributed by atoms with E-state index in [1.54, 1.807) is 0 Å². The van der Waals surface area contributed by atoms with Crippen molar-refractivity contribution in [3.63, 3.8) is 0 Å². The highest BCUT2D eigenvalue weighted by Crippen LogP contribution is 2.49. The van der Waals surface area contributed by atoms with Gasteiger partial charge in [-0.1, -0.05) is 163 Å². The predicted octanol–water partition coefficient (Wildman–Crippen LogP) is 13.9. The first-order valence-electron chi connectivity index (χ1n) is 19.7. The third-order valence-electron chi connectivity index (χ3n) is 10.3. The molecule has 0 N–H and O–H groups in total. The van der Waals surface area contributed by atoms with Crippen LogP contribution in [0.4, 0.5) is 0 Å². The monoisotopic (exact) mass is 728 g/mol. The number of fused-ring (bicyclic) bond motifs is 3. The minimum absolute atomic E-state index is 0.0606. The van der Waals surface area contributed by atoms with Crippen molar-refractivity contribution >= 4 is 0 Å². The molecule has 276 valence electrons. The highest BCUT2D eigenvalue weighted by Gasteiger charge is 2.35. The van der Waals surface area contributed by atoms with Gasteiger partial charge in [0.15, 0.2) is 17.5 Å². The van der Waals surface area contributed by atoms with Crippen molar-refractivity contribution < 1.29 is 0 Å². The number of hydrogen-bond donors (Lipinski definition) is 0. The quantitative estimate of drug-likeness (QED) is 0.171. The molecule has 0 unspecified atom stereocenters. The SMILES string of the molecule is CC.CC.Cc1ncccc1-c1cccc(-c2cc(-c3ccc4c(c3)-c3ccccc3C4(C)C)cc(-c3nc(-c4ccccc4)nc(-c4ccccc4)n3)c2)c1. The molecule has 0 spiro atoms. The van der Waals surface area contributed by atoms with E-state index in [0.29, 0.717) is 17.5 Å². The molecule has 0 saturated heterocycles.